The van der Waals surface area contributed by atoms with Crippen LogP contribution in [0.4, 0.5) is 5.69 Å². The molecule has 0 aliphatic carbocycles. The summed E-state index contributed by atoms with van der Waals surface area (Å²) in [6.07, 6.45) is 0. The van der Waals surface area contributed by atoms with E-state index in [0.29, 0.717) is 12.4 Å². The lowest BCUT2D eigenvalue weighted by Gasteiger charge is -2.28. The second-order valence-corrected chi connectivity index (χ2v) is 7.95. The summed E-state index contributed by atoms with van der Waals surface area (Å²) in [5.41, 5.74) is 0.189. The molecule has 0 aliphatic rings. The number of halogens is 2. The van der Waals surface area contributed by atoms with Gasteiger partial charge in [0.15, 0.2) is 0 Å². The van der Waals surface area contributed by atoms with Crippen molar-refractivity contribution in [2.75, 3.05) is 10.9 Å². The minimum atomic E-state index is -4.19. The third-order valence-electron chi connectivity index (χ3n) is 3.56. The molecule has 26 heavy (non-hydrogen) atoms. The average Bonchev–Trinajstić information content (AvgIpc) is 2.58. The summed E-state index contributed by atoms with van der Waals surface area (Å²) in [5, 5.41) is 9.64. The van der Waals surface area contributed by atoms with Crippen LogP contribution in [0.5, 0.6) is 5.75 Å². The van der Waals surface area contributed by atoms with Crippen LogP contribution in [0.3, 0.4) is 0 Å². The van der Waals surface area contributed by atoms with E-state index in [1.165, 1.54) is 37.3 Å². The van der Waals surface area contributed by atoms with Gasteiger partial charge in [0.25, 0.3) is 10.0 Å². The zero-order chi connectivity index (χ0) is 19.5. The van der Waals surface area contributed by atoms with E-state index >= 15 is 0 Å². The largest absolute Gasteiger partial charge is 0.494 e. The van der Waals surface area contributed by atoms with Crippen molar-refractivity contribution in [2.24, 2.45) is 0 Å². The van der Waals surface area contributed by atoms with Gasteiger partial charge in [0, 0.05) is 0 Å². The van der Waals surface area contributed by atoms with E-state index in [4.69, 9.17) is 27.9 Å². The molecule has 1 unspecified atom stereocenters. The monoisotopic (exact) mass is 417 g/mol. The number of hydrogen-bond acceptors (Lipinski definition) is 4. The van der Waals surface area contributed by atoms with Crippen LogP contribution in [0.25, 0.3) is 0 Å². The molecule has 0 heterocycles. The zero-order valence-electron chi connectivity index (χ0n) is 14.0. The van der Waals surface area contributed by atoms with E-state index in [1.54, 1.807) is 12.1 Å². The molecule has 2 aromatic carbocycles. The second-order valence-electron chi connectivity index (χ2n) is 5.32. The number of carboxylic acids is 1. The van der Waals surface area contributed by atoms with Crippen molar-refractivity contribution < 1.29 is 23.1 Å². The molecule has 0 radical (unpaired) electrons. The highest BCUT2D eigenvalue weighted by Gasteiger charge is 2.33. The first-order valence-electron chi connectivity index (χ1n) is 7.63. The van der Waals surface area contributed by atoms with Crippen molar-refractivity contribution in [3.05, 3.63) is 52.5 Å². The molecule has 0 fully saturated rings. The van der Waals surface area contributed by atoms with Gasteiger partial charge in [-0.15, -0.1) is 0 Å². The highest BCUT2D eigenvalue weighted by molar-refractivity contribution is 7.93. The Balaban J connectivity index is 2.56. The van der Waals surface area contributed by atoms with Crippen LogP contribution >= 0.6 is 23.2 Å². The minimum absolute atomic E-state index is 0.0577. The van der Waals surface area contributed by atoms with Crippen LogP contribution < -0.4 is 9.04 Å². The first kappa shape index (κ1) is 20.4. The van der Waals surface area contributed by atoms with Crippen LogP contribution in [0.1, 0.15) is 13.8 Å². The fourth-order valence-corrected chi connectivity index (χ4v) is 4.28. The molecule has 0 aliphatic heterocycles. The van der Waals surface area contributed by atoms with Gasteiger partial charge in [0.2, 0.25) is 0 Å². The number of carboxylic acid groups (broad SMARTS) is 1. The summed E-state index contributed by atoms with van der Waals surface area (Å²) < 4.78 is 32.3. The molecule has 6 nitrogen and oxygen atoms in total. The first-order chi connectivity index (χ1) is 12.2. The van der Waals surface area contributed by atoms with Gasteiger partial charge in [-0.1, -0.05) is 23.2 Å². The van der Waals surface area contributed by atoms with Crippen molar-refractivity contribution in [1.82, 2.24) is 0 Å². The Morgan fingerprint density at radius 3 is 2.27 bits per heavy atom. The normalized spacial score (nSPS) is 12.5. The molecular weight excluding hydrogens is 401 g/mol. The number of benzene rings is 2. The lowest BCUT2D eigenvalue weighted by molar-refractivity contribution is -0.137. The highest BCUT2D eigenvalue weighted by atomic mass is 35.5. The molecule has 2 aromatic rings. The number of anilines is 1. The van der Waals surface area contributed by atoms with Crippen LogP contribution in [0.2, 0.25) is 10.0 Å². The van der Waals surface area contributed by atoms with Gasteiger partial charge >= 0.3 is 5.97 Å². The number of nitrogens with zero attached hydrogens (tertiary/aromatic N) is 1. The standard InChI is InChI=1S/C17H17Cl2NO5S/c1-3-25-13-6-4-12(5-7-13)20(11(2)17(21)22)26(23,24)14-8-9-15(18)16(19)10-14/h4-11H,3H2,1-2H3,(H,21,22). The van der Waals surface area contributed by atoms with Gasteiger partial charge in [-0.3, -0.25) is 4.31 Å². The highest BCUT2D eigenvalue weighted by Crippen LogP contribution is 2.31. The number of sulfonamides is 1. The Hall–Kier alpha value is -1.96. The van der Waals surface area contributed by atoms with E-state index in [-0.39, 0.29) is 20.6 Å². The van der Waals surface area contributed by atoms with Crippen molar-refractivity contribution in [3.8, 4) is 5.75 Å². The van der Waals surface area contributed by atoms with Crippen molar-refractivity contribution in [2.45, 2.75) is 24.8 Å². The van der Waals surface area contributed by atoms with Gasteiger partial charge in [-0.05, 0) is 56.3 Å². The van der Waals surface area contributed by atoms with E-state index in [9.17, 15) is 18.3 Å². The lowest BCUT2D eigenvalue weighted by Crippen LogP contribution is -2.43. The van der Waals surface area contributed by atoms with Crippen LogP contribution in [-0.2, 0) is 14.8 Å². The first-order valence-corrected chi connectivity index (χ1v) is 9.83. The fraction of sp³-hybridized carbons (Fsp3) is 0.235. The Bertz CT molecular complexity index is 900. The van der Waals surface area contributed by atoms with E-state index < -0.39 is 22.0 Å². The SMILES string of the molecule is CCOc1ccc(N(C(C)C(=O)O)S(=O)(=O)c2ccc(Cl)c(Cl)c2)cc1. The summed E-state index contributed by atoms with van der Waals surface area (Å²) in [5.74, 6) is -0.742. The predicted molar refractivity (Wildman–Crippen MR) is 101 cm³/mol. The number of carbonyl (C=O) groups is 1. The van der Waals surface area contributed by atoms with Gasteiger partial charge in [-0.25, -0.2) is 13.2 Å². The molecule has 0 bridgehead atoms. The van der Waals surface area contributed by atoms with Crippen LogP contribution in [-0.4, -0.2) is 32.1 Å². The quantitative estimate of drug-likeness (QED) is 0.733. The van der Waals surface area contributed by atoms with Gasteiger partial charge in [0.1, 0.15) is 11.8 Å². The van der Waals surface area contributed by atoms with Crippen molar-refractivity contribution in [3.63, 3.8) is 0 Å². The molecular formula is C17H17Cl2NO5S. The van der Waals surface area contributed by atoms with Crippen molar-refractivity contribution in [1.29, 1.82) is 0 Å². The average molecular weight is 418 g/mol. The maximum Gasteiger partial charge on any atom is 0.327 e. The molecule has 0 saturated heterocycles. The summed E-state index contributed by atoms with van der Waals surface area (Å²) in [6.45, 7) is 3.56. The third-order valence-corrected chi connectivity index (χ3v) is 6.19. The van der Waals surface area contributed by atoms with E-state index in [1.807, 2.05) is 6.92 Å². The molecule has 0 spiro atoms. The Morgan fingerprint density at radius 1 is 1.15 bits per heavy atom. The summed E-state index contributed by atoms with van der Waals surface area (Å²) in [6, 6.07) is 8.59. The maximum atomic E-state index is 13.1. The fourth-order valence-electron chi connectivity index (χ4n) is 2.28. The van der Waals surface area contributed by atoms with Gasteiger partial charge in [-0.2, -0.15) is 0 Å². The number of hydrogen-bond donors (Lipinski definition) is 1. The van der Waals surface area contributed by atoms with Crippen LogP contribution in [0.15, 0.2) is 47.4 Å². The van der Waals surface area contributed by atoms with Crippen molar-refractivity contribution >= 4 is 44.9 Å². The number of ether oxygens (including phenoxy) is 1. The number of aliphatic carboxylic acids is 1. The predicted octanol–water partition coefficient (Wildman–Crippen LogP) is 4.06. The molecule has 0 aromatic heterocycles. The summed E-state index contributed by atoms with van der Waals surface area (Å²) in [4.78, 5) is 11.3. The van der Waals surface area contributed by atoms with Gasteiger partial charge in [0.05, 0.1) is 27.2 Å². The number of rotatable bonds is 7. The molecule has 2 rings (SSSR count). The third kappa shape index (κ3) is 4.23. The smallest absolute Gasteiger partial charge is 0.327 e. The molecule has 1 atom stereocenters. The van der Waals surface area contributed by atoms with Crippen LogP contribution in [0, 0.1) is 0 Å². The van der Waals surface area contributed by atoms with E-state index in [2.05, 4.69) is 0 Å². The maximum absolute atomic E-state index is 13.1. The summed E-state index contributed by atoms with van der Waals surface area (Å²) in [7, 11) is -4.19. The molecule has 0 amide bonds. The Kier molecular flexibility index (Phi) is 6.39. The molecule has 1 N–H and O–H groups in total. The second kappa shape index (κ2) is 8.16. The van der Waals surface area contributed by atoms with Gasteiger partial charge < -0.3 is 9.84 Å². The minimum Gasteiger partial charge on any atom is -0.494 e. The Morgan fingerprint density at radius 2 is 1.77 bits per heavy atom. The molecule has 9 heteroatoms. The lowest BCUT2D eigenvalue weighted by atomic mass is 10.2. The summed E-state index contributed by atoms with van der Waals surface area (Å²) >= 11 is 11.8. The topological polar surface area (TPSA) is 83.9 Å². The molecule has 140 valence electrons. The molecule has 0 saturated carbocycles. The van der Waals surface area contributed by atoms with E-state index in [0.717, 1.165) is 4.31 Å². The zero-order valence-corrected chi connectivity index (χ0v) is 16.3. The Labute approximate surface area is 162 Å².